The number of carbonyl (C=O) groups is 1. The van der Waals surface area contributed by atoms with Crippen molar-refractivity contribution in [1.29, 1.82) is 0 Å². The average Bonchev–Trinajstić information content (AvgIpc) is 3.34. The Morgan fingerprint density at radius 3 is 2.96 bits per heavy atom. The van der Waals surface area contributed by atoms with Crippen LogP contribution in [-0.4, -0.2) is 48.6 Å². The van der Waals surface area contributed by atoms with Gasteiger partial charge in [-0.2, -0.15) is 0 Å². The van der Waals surface area contributed by atoms with Crippen molar-refractivity contribution in [3.05, 3.63) is 48.5 Å². The van der Waals surface area contributed by atoms with E-state index in [9.17, 15) is 4.79 Å². The summed E-state index contributed by atoms with van der Waals surface area (Å²) in [5.41, 5.74) is 1.37. The summed E-state index contributed by atoms with van der Waals surface area (Å²) in [5.74, 6) is 1.05. The van der Waals surface area contributed by atoms with Crippen molar-refractivity contribution < 1.29 is 9.21 Å². The molecule has 8 heteroatoms. The number of aryl methyl sites for hydroxylation is 1. The molecule has 3 aromatic rings. The van der Waals surface area contributed by atoms with Gasteiger partial charge in [0, 0.05) is 32.5 Å². The maximum absolute atomic E-state index is 12.5. The van der Waals surface area contributed by atoms with Crippen molar-refractivity contribution in [2.75, 3.05) is 13.1 Å². The molecule has 4 heterocycles. The third-order valence-corrected chi connectivity index (χ3v) is 4.21. The second kappa shape index (κ2) is 5.88. The molecule has 122 valence electrons. The molecular weight excluding hydrogens is 308 g/mol. The molecule has 0 unspecified atom stereocenters. The number of likely N-dealkylation sites (tertiary alicyclic amines) is 1. The number of hydrogen-bond donors (Lipinski definition) is 0. The number of amides is 1. The standard InChI is InChI=1S/C16H16N6O2/c1-21-10-18-8-13(21)15-20-19-14(24-15)12-4-6-22(9-12)16(23)11-3-2-5-17-7-11/h2-3,5,7-8,10,12H,4,6,9H2,1H3/t12-/m0/s1. The number of pyridine rings is 1. The maximum Gasteiger partial charge on any atom is 0.265 e. The Balaban J connectivity index is 1.49. The van der Waals surface area contributed by atoms with E-state index < -0.39 is 0 Å². The molecule has 1 saturated heterocycles. The molecule has 8 nitrogen and oxygen atoms in total. The van der Waals surface area contributed by atoms with Gasteiger partial charge in [-0.3, -0.25) is 9.78 Å². The number of aromatic nitrogens is 5. The quantitative estimate of drug-likeness (QED) is 0.725. The highest BCUT2D eigenvalue weighted by Crippen LogP contribution is 2.29. The van der Waals surface area contributed by atoms with Gasteiger partial charge in [-0.15, -0.1) is 10.2 Å². The first-order valence-electron chi connectivity index (χ1n) is 7.72. The van der Waals surface area contributed by atoms with Crippen LogP contribution in [0.2, 0.25) is 0 Å². The average molecular weight is 324 g/mol. The largest absolute Gasteiger partial charge is 0.419 e. The van der Waals surface area contributed by atoms with E-state index in [0.717, 1.165) is 12.1 Å². The van der Waals surface area contributed by atoms with Gasteiger partial charge in [-0.05, 0) is 18.6 Å². The van der Waals surface area contributed by atoms with Gasteiger partial charge in [-0.1, -0.05) is 0 Å². The molecule has 0 N–H and O–H groups in total. The number of nitrogens with zero attached hydrogens (tertiary/aromatic N) is 6. The molecular formula is C16H16N6O2. The summed E-state index contributed by atoms with van der Waals surface area (Å²) < 4.78 is 7.62. The predicted molar refractivity (Wildman–Crippen MR) is 84.0 cm³/mol. The van der Waals surface area contributed by atoms with E-state index in [2.05, 4.69) is 20.2 Å². The molecule has 1 fully saturated rings. The minimum absolute atomic E-state index is 0.0167. The van der Waals surface area contributed by atoms with Crippen LogP contribution in [0.25, 0.3) is 11.6 Å². The van der Waals surface area contributed by atoms with Crippen LogP contribution in [-0.2, 0) is 7.05 Å². The fourth-order valence-electron chi connectivity index (χ4n) is 2.88. The first-order valence-corrected chi connectivity index (χ1v) is 7.72. The normalized spacial score (nSPS) is 17.4. The molecule has 4 rings (SSSR count). The van der Waals surface area contributed by atoms with Gasteiger partial charge in [0.15, 0.2) is 0 Å². The summed E-state index contributed by atoms with van der Waals surface area (Å²) in [4.78, 5) is 22.3. The zero-order valence-corrected chi connectivity index (χ0v) is 13.2. The van der Waals surface area contributed by atoms with Crippen LogP contribution in [0, 0.1) is 0 Å². The van der Waals surface area contributed by atoms with E-state index in [1.807, 2.05) is 11.6 Å². The third kappa shape index (κ3) is 2.55. The SMILES string of the molecule is Cn1cncc1-c1nnc([C@H]2CCN(C(=O)c3cccnc3)C2)o1. The Labute approximate surface area is 138 Å². The van der Waals surface area contributed by atoms with Crippen LogP contribution in [0.15, 0.2) is 41.5 Å². The molecule has 1 amide bonds. The van der Waals surface area contributed by atoms with E-state index in [1.54, 1.807) is 42.0 Å². The fraction of sp³-hybridized carbons (Fsp3) is 0.312. The highest BCUT2D eigenvalue weighted by molar-refractivity contribution is 5.94. The van der Waals surface area contributed by atoms with Crippen molar-refractivity contribution in [3.63, 3.8) is 0 Å². The summed E-state index contributed by atoms with van der Waals surface area (Å²) in [6, 6.07) is 3.54. The Morgan fingerprint density at radius 2 is 2.21 bits per heavy atom. The van der Waals surface area contributed by atoms with Gasteiger partial charge < -0.3 is 13.9 Å². The molecule has 0 spiro atoms. The predicted octanol–water partition coefficient (Wildman–Crippen LogP) is 1.49. The van der Waals surface area contributed by atoms with Gasteiger partial charge in [0.1, 0.15) is 5.69 Å². The van der Waals surface area contributed by atoms with Crippen molar-refractivity contribution in [3.8, 4) is 11.6 Å². The lowest BCUT2D eigenvalue weighted by atomic mass is 10.1. The van der Waals surface area contributed by atoms with Crippen molar-refractivity contribution in [1.82, 2.24) is 29.6 Å². The van der Waals surface area contributed by atoms with Gasteiger partial charge in [-0.25, -0.2) is 4.98 Å². The summed E-state index contributed by atoms with van der Waals surface area (Å²) >= 11 is 0. The molecule has 0 aromatic carbocycles. The molecule has 1 aliphatic rings. The number of rotatable bonds is 3. The van der Waals surface area contributed by atoms with E-state index in [1.165, 1.54) is 0 Å². The Morgan fingerprint density at radius 1 is 1.29 bits per heavy atom. The molecule has 0 radical (unpaired) electrons. The van der Waals surface area contributed by atoms with E-state index in [4.69, 9.17) is 4.42 Å². The first kappa shape index (κ1) is 14.6. The van der Waals surface area contributed by atoms with Gasteiger partial charge >= 0.3 is 0 Å². The second-order valence-corrected chi connectivity index (χ2v) is 5.81. The monoisotopic (exact) mass is 324 g/mol. The zero-order chi connectivity index (χ0) is 16.5. The van der Waals surface area contributed by atoms with Crippen LogP contribution < -0.4 is 0 Å². The summed E-state index contributed by atoms with van der Waals surface area (Å²) in [6.07, 6.45) is 7.41. The van der Waals surface area contributed by atoms with Crippen LogP contribution in [0.1, 0.15) is 28.6 Å². The van der Waals surface area contributed by atoms with Gasteiger partial charge in [0.25, 0.3) is 11.8 Å². The molecule has 1 aliphatic heterocycles. The second-order valence-electron chi connectivity index (χ2n) is 5.81. The minimum atomic E-state index is -0.0167. The number of hydrogen-bond acceptors (Lipinski definition) is 6. The Kier molecular flexibility index (Phi) is 3.56. The first-order chi connectivity index (χ1) is 11.7. The van der Waals surface area contributed by atoms with Crippen molar-refractivity contribution in [2.24, 2.45) is 7.05 Å². The number of imidazole rings is 1. The Hall–Kier alpha value is -3.03. The highest BCUT2D eigenvalue weighted by Gasteiger charge is 2.31. The summed E-state index contributed by atoms with van der Waals surface area (Å²) in [5, 5.41) is 8.25. The van der Waals surface area contributed by atoms with Gasteiger partial charge in [0.05, 0.1) is 24.0 Å². The lowest BCUT2D eigenvalue weighted by molar-refractivity contribution is 0.0789. The van der Waals surface area contributed by atoms with Crippen LogP contribution in [0.4, 0.5) is 0 Å². The van der Waals surface area contributed by atoms with Crippen LogP contribution >= 0.6 is 0 Å². The van der Waals surface area contributed by atoms with E-state index in [0.29, 0.717) is 30.4 Å². The topological polar surface area (TPSA) is 89.9 Å². The highest BCUT2D eigenvalue weighted by atomic mass is 16.4. The third-order valence-electron chi connectivity index (χ3n) is 4.21. The fourth-order valence-corrected chi connectivity index (χ4v) is 2.88. The molecule has 0 saturated carbocycles. The van der Waals surface area contributed by atoms with E-state index >= 15 is 0 Å². The number of carbonyl (C=O) groups excluding carboxylic acids is 1. The maximum atomic E-state index is 12.5. The van der Waals surface area contributed by atoms with E-state index in [-0.39, 0.29) is 11.8 Å². The van der Waals surface area contributed by atoms with Crippen LogP contribution in [0.3, 0.4) is 0 Å². The van der Waals surface area contributed by atoms with Gasteiger partial charge in [0.2, 0.25) is 5.89 Å². The molecule has 24 heavy (non-hydrogen) atoms. The molecule has 0 bridgehead atoms. The Bertz CT molecular complexity index is 856. The summed E-state index contributed by atoms with van der Waals surface area (Å²) in [7, 11) is 1.87. The van der Waals surface area contributed by atoms with Crippen molar-refractivity contribution >= 4 is 5.91 Å². The van der Waals surface area contributed by atoms with Crippen LogP contribution in [0.5, 0.6) is 0 Å². The molecule has 1 atom stereocenters. The molecule has 3 aromatic heterocycles. The minimum Gasteiger partial charge on any atom is -0.419 e. The lowest BCUT2D eigenvalue weighted by Gasteiger charge is -2.15. The smallest absolute Gasteiger partial charge is 0.265 e. The zero-order valence-electron chi connectivity index (χ0n) is 13.2. The lowest BCUT2D eigenvalue weighted by Crippen LogP contribution is -2.28. The van der Waals surface area contributed by atoms with Crippen molar-refractivity contribution in [2.45, 2.75) is 12.3 Å². The summed E-state index contributed by atoms with van der Waals surface area (Å²) in [6.45, 7) is 1.24. The molecule has 0 aliphatic carbocycles.